The minimum atomic E-state index is -0.191. The largest absolute Gasteiger partial charge is 0.393 e. The van der Waals surface area contributed by atoms with Crippen LogP contribution in [0.15, 0.2) is 24.3 Å². The summed E-state index contributed by atoms with van der Waals surface area (Å²) in [6, 6.07) is 8.44. The summed E-state index contributed by atoms with van der Waals surface area (Å²) < 4.78 is 0. The molecule has 0 bridgehead atoms. The first-order valence-electron chi connectivity index (χ1n) is 6.24. The van der Waals surface area contributed by atoms with Gasteiger partial charge in [-0.25, -0.2) is 0 Å². The van der Waals surface area contributed by atoms with Crippen molar-refractivity contribution in [3.63, 3.8) is 0 Å². The average molecular weight is 256 g/mol. The van der Waals surface area contributed by atoms with E-state index in [1.54, 1.807) is 0 Å². The lowest BCUT2D eigenvalue weighted by atomic mass is 10.1. The first-order valence-corrected chi connectivity index (χ1v) is 6.61. The van der Waals surface area contributed by atoms with E-state index in [2.05, 4.69) is 24.4 Å². The Morgan fingerprint density at radius 3 is 2.47 bits per heavy atom. The SMILES string of the molecule is CC(O)CCCNC(C)Cc1ccc(Cl)cc1. The summed E-state index contributed by atoms with van der Waals surface area (Å²) in [6.07, 6.45) is 2.69. The van der Waals surface area contributed by atoms with E-state index in [0.717, 1.165) is 30.8 Å². The fraction of sp³-hybridized carbons (Fsp3) is 0.571. The molecule has 0 aliphatic carbocycles. The normalized spacial score (nSPS) is 14.6. The van der Waals surface area contributed by atoms with E-state index in [-0.39, 0.29) is 6.10 Å². The predicted octanol–water partition coefficient (Wildman–Crippen LogP) is 3.02. The first-order chi connectivity index (χ1) is 8.08. The average Bonchev–Trinajstić information content (AvgIpc) is 2.27. The van der Waals surface area contributed by atoms with Crippen molar-refractivity contribution < 1.29 is 5.11 Å². The molecule has 0 radical (unpaired) electrons. The summed E-state index contributed by atoms with van der Waals surface area (Å²) in [5, 5.41) is 13.4. The lowest BCUT2D eigenvalue weighted by Gasteiger charge is -2.14. The van der Waals surface area contributed by atoms with Crippen molar-refractivity contribution in [2.75, 3.05) is 6.54 Å². The number of aliphatic hydroxyl groups excluding tert-OH is 1. The van der Waals surface area contributed by atoms with Gasteiger partial charge < -0.3 is 10.4 Å². The highest BCUT2D eigenvalue weighted by Crippen LogP contribution is 2.11. The van der Waals surface area contributed by atoms with Crippen LogP contribution in [0.2, 0.25) is 5.02 Å². The highest BCUT2D eigenvalue weighted by Gasteiger charge is 2.03. The number of benzene rings is 1. The van der Waals surface area contributed by atoms with Gasteiger partial charge in [-0.1, -0.05) is 23.7 Å². The molecule has 0 aliphatic rings. The Hall–Kier alpha value is -0.570. The van der Waals surface area contributed by atoms with Gasteiger partial charge in [0.15, 0.2) is 0 Å². The van der Waals surface area contributed by atoms with Gasteiger partial charge in [0.05, 0.1) is 6.10 Å². The zero-order valence-electron chi connectivity index (χ0n) is 10.6. The Bertz CT molecular complexity index is 311. The van der Waals surface area contributed by atoms with Crippen molar-refractivity contribution in [1.82, 2.24) is 5.32 Å². The van der Waals surface area contributed by atoms with Crippen molar-refractivity contribution in [2.45, 2.75) is 45.3 Å². The molecule has 0 aliphatic heterocycles. The van der Waals surface area contributed by atoms with Gasteiger partial charge in [0.25, 0.3) is 0 Å². The standard InChI is InChI=1S/C14H22ClNO/c1-11(16-9-3-4-12(2)17)10-13-5-7-14(15)8-6-13/h5-8,11-12,16-17H,3-4,9-10H2,1-2H3. The van der Waals surface area contributed by atoms with Gasteiger partial charge >= 0.3 is 0 Å². The van der Waals surface area contributed by atoms with Crippen LogP contribution >= 0.6 is 11.6 Å². The van der Waals surface area contributed by atoms with E-state index < -0.39 is 0 Å². The molecule has 0 amide bonds. The number of nitrogens with one attached hydrogen (secondary N) is 1. The molecular weight excluding hydrogens is 234 g/mol. The summed E-state index contributed by atoms with van der Waals surface area (Å²) in [4.78, 5) is 0. The number of halogens is 1. The van der Waals surface area contributed by atoms with E-state index in [1.165, 1.54) is 5.56 Å². The van der Waals surface area contributed by atoms with E-state index >= 15 is 0 Å². The van der Waals surface area contributed by atoms with Gasteiger partial charge in [0, 0.05) is 11.1 Å². The van der Waals surface area contributed by atoms with Crippen LogP contribution in [-0.4, -0.2) is 23.8 Å². The van der Waals surface area contributed by atoms with E-state index in [9.17, 15) is 0 Å². The van der Waals surface area contributed by atoms with Crippen LogP contribution < -0.4 is 5.32 Å². The minimum absolute atomic E-state index is 0.191. The van der Waals surface area contributed by atoms with Crippen LogP contribution in [0.25, 0.3) is 0 Å². The number of hydrogen-bond acceptors (Lipinski definition) is 2. The minimum Gasteiger partial charge on any atom is -0.393 e. The summed E-state index contributed by atoms with van der Waals surface area (Å²) in [5.74, 6) is 0. The number of aliphatic hydroxyl groups is 1. The zero-order valence-corrected chi connectivity index (χ0v) is 11.4. The Kier molecular flexibility index (Phi) is 6.56. The third-order valence-electron chi connectivity index (χ3n) is 2.75. The highest BCUT2D eigenvalue weighted by molar-refractivity contribution is 6.30. The van der Waals surface area contributed by atoms with Gasteiger partial charge in [0.2, 0.25) is 0 Å². The fourth-order valence-electron chi connectivity index (χ4n) is 1.79. The molecule has 17 heavy (non-hydrogen) atoms. The maximum Gasteiger partial charge on any atom is 0.0512 e. The van der Waals surface area contributed by atoms with Crippen molar-refractivity contribution in [1.29, 1.82) is 0 Å². The molecule has 2 atom stereocenters. The molecule has 0 heterocycles. The third-order valence-corrected chi connectivity index (χ3v) is 3.00. The van der Waals surface area contributed by atoms with Crippen LogP contribution in [0.4, 0.5) is 0 Å². The fourth-order valence-corrected chi connectivity index (χ4v) is 1.92. The Labute approximate surface area is 109 Å². The molecule has 1 aromatic rings. The van der Waals surface area contributed by atoms with Gasteiger partial charge in [-0.05, 0) is 57.4 Å². The highest BCUT2D eigenvalue weighted by atomic mass is 35.5. The van der Waals surface area contributed by atoms with Gasteiger partial charge in [0.1, 0.15) is 0 Å². The maximum absolute atomic E-state index is 9.14. The molecule has 2 N–H and O–H groups in total. The van der Waals surface area contributed by atoms with Crippen LogP contribution in [0.5, 0.6) is 0 Å². The van der Waals surface area contributed by atoms with Crippen LogP contribution in [0, 0.1) is 0 Å². The third kappa shape index (κ3) is 6.67. The molecule has 1 rings (SSSR count). The second-order valence-electron chi connectivity index (χ2n) is 4.68. The molecule has 1 aromatic carbocycles. The summed E-state index contributed by atoms with van der Waals surface area (Å²) in [5.41, 5.74) is 1.30. The zero-order chi connectivity index (χ0) is 12.7. The Morgan fingerprint density at radius 2 is 1.88 bits per heavy atom. The van der Waals surface area contributed by atoms with E-state index in [0.29, 0.717) is 6.04 Å². The lowest BCUT2D eigenvalue weighted by molar-refractivity contribution is 0.181. The van der Waals surface area contributed by atoms with Crippen molar-refractivity contribution in [3.8, 4) is 0 Å². The molecule has 2 unspecified atom stereocenters. The number of hydrogen-bond donors (Lipinski definition) is 2. The predicted molar refractivity (Wildman–Crippen MR) is 73.5 cm³/mol. The first kappa shape index (κ1) is 14.5. The van der Waals surface area contributed by atoms with Crippen LogP contribution in [0.1, 0.15) is 32.3 Å². The molecule has 0 spiro atoms. The molecule has 2 nitrogen and oxygen atoms in total. The van der Waals surface area contributed by atoms with Gasteiger partial charge in [-0.2, -0.15) is 0 Å². The van der Waals surface area contributed by atoms with Crippen LogP contribution in [-0.2, 0) is 6.42 Å². The van der Waals surface area contributed by atoms with E-state index in [1.807, 2.05) is 19.1 Å². The second-order valence-corrected chi connectivity index (χ2v) is 5.11. The van der Waals surface area contributed by atoms with Gasteiger partial charge in [-0.15, -0.1) is 0 Å². The Morgan fingerprint density at radius 1 is 1.24 bits per heavy atom. The second kappa shape index (κ2) is 7.70. The lowest BCUT2D eigenvalue weighted by Crippen LogP contribution is -2.29. The summed E-state index contributed by atoms with van der Waals surface area (Å²) in [7, 11) is 0. The molecule has 0 saturated carbocycles. The number of rotatable bonds is 7. The van der Waals surface area contributed by atoms with Gasteiger partial charge in [-0.3, -0.25) is 0 Å². The molecule has 0 fully saturated rings. The molecular formula is C14H22ClNO. The molecule has 3 heteroatoms. The van der Waals surface area contributed by atoms with Crippen molar-refractivity contribution >= 4 is 11.6 Å². The molecule has 0 saturated heterocycles. The van der Waals surface area contributed by atoms with Crippen molar-refractivity contribution in [2.24, 2.45) is 0 Å². The monoisotopic (exact) mass is 255 g/mol. The topological polar surface area (TPSA) is 32.3 Å². The summed E-state index contributed by atoms with van der Waals surface area (Å²) >= 11 is 5.84. The van der Waals surface area contributed by atoms with Crippen LogP contribution in [0.3, 0.4) is 0 Å². The molecule has 96 valence electrons. The smallest absolute Gasteiger partial charge is 0.0512 e. The Balaban J connectivity index is 2.20. The quantitative estimate of drug-likeness (QED) is 0.734. The maximum atomic E-state index is 9.14. The molecule has 0 aromatic heterocycles. The summed E-state index contributed by atoms with van der Waals surface area (Å²) in [6.45, 7) is 4.97. The van der Waals surface area contributed by atoms with Crippen molar-refractivity contribution in [3.05, 3.63) is 34.9 Å². The van der Waals surface area contributed by atoms with E-state index in [4.69, 9.17) is 16.7 Å².